The standard InChI is InChI=1S/C32H29NO3S2/c1-24-14-20-30(21-15-24)38(34,35)36-37-31(26-10-6-4-7-11-26)22-28(23-32(37)27-12-8-5-9-13-27)25-16-18-29(19-17-25)33(2)3/h4-23H,1-3H3. The Morgan fingerprint density at radius 1 is 0.658 bits per heavy atom. The van der Waals surface area contributed by atoms with Gasteiger partial charge in [-0.2, -0.15) is 12.0 Å². The summed E-state index contributed by atoms with van der Waals surface area (Å²) in [6, 6.07) is 34.8. The summed E-state index contributed by atoms with van der Waals surface area (Å²) in [6.07, 6.45) is 4.11. The molecule has 1 atom stereocenters. The maximum Gasteiger partial charge on any atom is 0.307 e. The molecule has 0 saturated heterocycles. The van der Waals surface area contributed by atoms with Crippen molar-refractivity contribution in [1.29, 1.82) is 0 Å². The molecule has 1 aliphatic heterocycles. The van der Waals surface area contributed by atoms with Gasteiger partial charge in [-0.1, -0.05) is 90.5 Å². The highest BCUT2D eigenvalue weighted by atomic mass is 32.3. The molecule has 1 unspecified atom stereocenters. The van der Waals surface area contributed by atoms with Gasteiger partial charge in [0.1, 0.15) is 0 Å². The summed E-state index contributed by atoms with van der Waals surface area (Å²) in [5.74, 6) is 0. The van der Waals surface area contributed by atoms with Crippen LogP contribution in [0.4, 0.5) is 5.69 Å². The molecule has 5 rings (SSSR count). The van der Waals surface area contributed by atoms with E-state index in [1.807, 2.05) is 81.7 Å². The lowest BCUT2D eigenvalue weighted by Crippen LogP contribution is -2.11. The number of hydrogen-bond donors (Lipinski definition) is 0. The molecule has 0 fully saturated rings. The van der Waals surface area contributed by atoms with Crippen molar-refractivity contribution in [2.45, 2.75) is 11.8 Å². The minimum absolute atomic E-state index is 0.143. The van der Waals surface area contributed by atoms with Gasteiger partial charge in [0.25, 0.3) is 0 Å². The highest BCUT2D eigenvalue weighted by molar-refractivity contribution is 8.24. The maximum atomic E-state index is 13.5. The maximum absolute atomic E-state index is 13.5. The largest absolute Gasteiger partial charge is 0.378 e. The monoisotopic (exact) mass is 539 g/mol. The second-order valence-corrected chi connectivity index (χ2v) is 12.6. The van der Waals surface area contributed by atoms with Gasteiger partial charge in [0, 0.05) is 40.3 Å². The fourth-order valence-electron chi connectivity index (χ4n) is 4.16. The molecule has 0 aliphatic carbocycles. The number of allylic oxidation sites excluding steroid dienone is 3. The summed E-state index contributed by atoms with van der Waals surface area (Å²) in [4.78, 5) is 3.83. The van der Waals surface area contributed by atoms with Crippen LogP contribution in [0, 0.1) is 6.92 Å². The van der Waals surface area contributed by atoms with E-state index in [1.165, 1.54) is 0 Å². The van der Waals surface area contributed by atoms with Crippen LogP contribution in [0.3, 0.4) is 0 Å². The SMILES string of the molecule is Cc1ccc(S(=O)(=O)OS2=C(c3ccccc3)C=C(c3ccc(N(C)C)cc3)C=C2c2ccccc2)cc1. The van der Waals surface area contributed by atoms with Gasteiger partial charge in [0.15, 0.2) is 0 Å². The van der Waals surface area contributed by atoms with Crippen LogP contribution in [0.5, 0.6) is 0 Å². The van der Waals surface area contributed by atoms with Crippen molar-refractivity contribution >= 4 is 41.9 Å². The summed E-state index contributed by atoms with van der Waals surface area (Å²) < 4.78 is 33.2. The lowest BCUT2D eigenvalue weighted by Gasteiger charge is -2.23. The lowest BCUT2D eigenvalue weighted by molar-refractivity contribution is 0.519. The highest BCUT2D eigenvalue weighted by Gasteiger charge is 2.26. The molecule has 0 radical (unpaired) electrons. The minimum Gasteiger partial charge on any atom is -0.378 e. The fraction of sp³-hybridized carbons (Fsp3) is 0.0938. The van der Waals surface area contributed by atoms with Crippen molar-refractivity contribution in [3.05, 3.63) is 144 Å². The van der Waals surface area contributed by atoms with E-state index >= 15 is 0 Å². The Morgan fingerprint density at radius 3 is 1.82 bits per heavy atom. The summed E-state index contributed by atoms with van der Waals surface area (Å²) in [5, 5.41) is 0. The first-order valence-electron chi connectivity index (χ1n) is 12.3. The topological polar surface area (TPSA) is 46.6 Å². The van der Waals surface area contributed by atoms with Crippen LogP contribution in [0.15, 0.2) is 126 Å². The van der Waals surface area contributed by atoms with Gasteiger partial charge in [0.05, 0.1) is 4.90 Å². The number of nitrogens with zero attached hydrogens (tertiary/aromatic N) is 1. The second-order valence-electron chi connectivity index (χ2n) is 9.25. The van der Waals surface area contributed by atoms with E-state index in [4.69, 9.17) is 3.63 Å². The van der Waals surface area contributed by atoms with E-state index < -0.39 is 20.9 Å². The van der Waals surface area contributed by atoms with Crippen LogP contribution >= 0.6 is 10.8 Å². The molecule has 4 aromatic rings. The number of anilines is 1. The van der Waals surface area contributed by atoms with Crippen LogP contribution in [-0.2, 0) is 13.7 Å². The van der Waals surface area contributed by atoms with E-state index in [0.29, 0.717) is 0 Å². The van der Waals surface area contributed by atoms with Gasteiger partial charge in [-0.15, -0.1) is 0 Å². The first kappa shape index (κ1) is 25.9. The normalized spacial score (nSPS) is 15.6. The summed E-state index contributed by atoms with van der Waals surface area (Å²) >= 11 is 0. The Labute approximate surface area is 227 Å². The molecule has 192 valence electrons. The number of rotatable bonds is 7. The third kappa shape index (κ3) is 5.58. The zero-order chi connectivity index (χ0) is 26.7. The molecule has 0 aromatic heterocycles. The minimum atomic E-state index is -4.04. The van der Waals surface area contributed by atoms with E-state index in [-0.39, 0.29) is 4.90 Å². The molecule has 0 spiro atoms. The highest BCUT2D eigenvalue weighted by Crippen LogP contribution is 2.45. The van der Waals surface area contributed by atoms with Gasteiger partial charge in [-0.3, -0.25) is 0 Å². The Balaban J connectivity index is 1.72. The third-order valence-electron chi connectivity index (χ3n) is 6.27. The summed E-state index contributed by atoms with van der Waals surface area (Å²) in [7, 11) is -1.21. The van der Waals surface area contributed by atoms with E-state index in [9.17, 15) is 8.42 Å². The molecule has 0 bridgehead atoms. The predicted molar refractivity (Wildman–Crippen MR) is 161 cm³/mol. The average molecular weight is 540 g/mol. The van der Waals surface area contributed by atoms with Gasteiger partial charge in [0.2, 0.25) is 0 Å². The van der Waals surface area contributed by atoms with E-state index in [0.717, 1.165) is 43.3 Å². The van der Waals surface area contributed by atoms with E-state index in [2.05, 4.69) is 41.3 Å². The van der Waals surface area contributed by atoms with E-state index in [1.54, 1.807) is 24.3 Å². The zero-order valence-electron chi connectivity index (χ0n) is 21.5. The van der Waals surface area contributed by atoms with Crippen LogP contribution in [0.1, 0.15) is 22.3 Å². The molecule has 4 nitrogen and oxygen atoms in total. The fourth-order valence-corrected chi connectivity index (χ4v) is 7.65. The molecule has 4 aromatic carbocycles. The van der Waals surface area contributed by atoms with Gasteiger partial charge >= 0.3 is 10.1 Å². The molecule has 38 heavy (non-hydrogen) atoms. The van der Waals surface area contributed by atoms with Crippen LogP contribution in [0.25, 0.3) is 10.5 Å². The molecule has 0 saturated carbocycles. The molecule has 0 N–H and O–H groups in total. The zero-order valence-corrected chi connectivity index (χ0v) is 23.2. The molecule has 6 heteroatoms. The van der Waals surface area contributed by atoms with Crippen molar-refractivity contribution in [1.82, 2.24) is 0 Å². The van der Waals surface area contributed by atoms with Crippen molar-refractivity contribution in [2.75, 3.05) is 19.0 Å². The summed E-state index contributed by atoms with van der Waals surface area (Å²) in [5.41, 5.74) is 5.96. The first-order valence-corrected chi connectivity index (χ1v) is 14.8. The number of benzene rings is 4. The van der Waals surface area contributed by atoms with Gasteiger partial charge < -0.3 is 4.90 Å². The van der Waals surface area contributed by atoms with Crippen molar-refractivity contribution in [3.8, 4) is 0 Å². The average Bonchev–Trinajstić information content (AvgIpc) is 2.94. The molecule has 1 aliphatic rings. The van der Waals surface area contributed by atoms with Crippen LogP contribution in [0.2, 0.25) is 0 Å². The molecular formula is C32H29NO3S2. The Kier molecular flexibility index (Phi) is 7.47. The number of aryl methyl sites for hydroxylation is 1. The Bertz CT molecular complexity index is 1640. The second kappa shape index (κ2) is 11.0. The van der Waals surface area contributed by atoms with Crippen LogP contribution < -0.4 is 4.90 Å². The number of hydrogen-bond acceptors (Lipinski definition) is 4. The van der Waals surface area contributed by atoms with Gasteiger partial charge in [-0.25, -0.2) is 0 Å². The van der Waals surface area contributed by atoms with Crippen molar-refractivity contribution in [2.24, 2.45) is 0 Å². The van der Waals surface area contributed by atoms with Crippen LogP contribution in [-0.4, -0.2) is 27.4 Å². The van der Waals surface area contributed by atoms with Crippen molar-refractivity contribution < 1.29 is 12.0 Å². The molecule has 0 amide bonds. The predicted octanol–water partition coefficient (Wildman–Crippen LogP) is 7.31. The summed E-state index contributed by atoms with van der Waals surface area (Å²) in [6.45, 7) is 1.93. The molecular weight excluding hydrogens is 510 g/mol. The Morgan fingerprint density at radius 2 is 1.24 bits per heavy atom. The smallest absolute Gasteiger partial charge is 0.307 e. The third-order valence-corrected chi connectivity index (χ3v) is 9.89. The quantitative estimate of drug-likeness (QED) is 0.231. The lowest BCUT2D eigenvalue weighted by atomic mass is 10.00. The van der Waals surface area contributed by atoms with Gasteiger partial charge in [-0.05, 0) is 65.6 Å². The Hall–Kier alpha value is -3.71. The molecule has 1 heterocycles. The first-order chi connectivity index (χ1) is 18.3. The van der Waals surface area contributed by atoms with Crippen molar-refractivity contribution in [3.63, 3.8) is 0 Å².